The molecule has 0 fully saturated rings. The van der Waals surface area contributed by atoms with E-state index in [1.165, 1.54) is 16.7 Å². The first kappa shape index (κ1) is 10.6. The Morgan fingerprint density at radius 1 is 1.21 bits per heavy atom. The van der Waals surface area contributed by atoms with E-state index >= 15 is 0 Å². The minimum Gasteiger partial charge on any atom is -0.0862 e. The average molecular weight is 189 g/mol. The number of hydrogen-bond acceptors (Lipinski definition) is 1. The summed E-state index contributed by atoms with van der Waals surface area (Å²) in [7, 11) is 0. The van der Waals surface area contributed by atoms with Gasteiger partial charge in [0.2, 0.25) is 0 Å². The number of nitrogens with zero attached hydrogens (tertiary/aromatic N) is 3. The van der Waals surface area contributed by atoms with Crippen molar-refractivity contribution in [3.8, 4) is 0 Å². The standard InChI is InChI=1S/C11H15N3/c1-7-5-8(2)11(9(3)6-7)10(4)13-14-12/h5-6,10H,1-4H3/t10-/m1/s1. The normalized spacial score (nSPS) is 12.0. The molecule has 14 heavy (non-hydrogen) atoms. The highest BCUT2D eigenvalue weighted by molar-refractivity contribution is 5.39. The van der Waals surface area contributed by atoms with Crippen molar-refractivity contribution < 1.29 is 0 Å². The number of hydrogen-bond donors (Lipinski definition) is 0. The van der Waals surface area contributed by atoms with Gasteiger partial charge in [-0.05, 0) is 43.0 Å². The second-order valence-corrected chi connectivity index (χ2v) is 3.69. The maximum Gasteiger partial charge on any atom is 0.0602 e. The predicted molar refractivity (Wildman–Crippen MR) is 58.2 cm³/mol. The minimum atomic E-state index is -0.0828. The van der Waals surface area contributed by atoms with Crippen LogP contribution in [-0.2, 0) is 0 Å². The largest absolute Gasteiger partial charge is 0.0862 e. The zero-order chi connectivity index (χ0) is 10.7. The first-order chi connectivity index (χ1) is 6.56. The molecule has 1 rings (SSSR count). The van der Waals surface area contributed by atoms with Gasteiger partial charge in [0, 0.05) is 4.91 Å². The molecular formula is C11H15N3. The van der Waals surface area contributed by atoms with Gasteiger partial charge in [0.25, 0.3) is 0 Å². The molecule has 0 spiro atoms. The molecular weight excluding hydrogens is 174 g/mol. The second-order valence-electron chi connectivity index (χ2n) is 3.69. The third kappa shape index (κ3) is 2.06. The van der Waals surface area contributed by atoms with E-state index in [1.54, 1.807) is 0 Å². The zero-order valence-electron chi connectivity index (χ0n) is 9.07. The molecule has 0 aliphatic rings. The lowest BCUT2D eigenvalue weighted by Gasteiger charge is -2.13. The summed E-state index contributed by atoms with van der Waals surface area (Å²) in [5.41, 5.74) is 13.2. The fraction of sp³-hybridized carbons (Fsp3) is 0.455. The van der Waals surface area contributed by atoms with Gasteiger partial charge in [0.1, 0.15) is 0 Å². The fourth-order valence-corrected chi connectivity index (χ4v) is 1.99. The predicted octanol–water partition coefficient (Wildman–Crippen LogP) is 3.98. The zero-order valence-corrected chi connectivity index (χ0v) is 9.07. The summed E-state index contributed by atoms with van der Waals surface area (Å²) in [6, 6.07) is 4.15. The van der Waals surface area contributed by atoms with Crippen LogP contribution in [0.5, 0.6) is 0 Å². The average Bonchev–Trinajstić information content (AvgIpc) is 2.01. The molecule has 0 saturated carbocycles. The van der Waals surface area contributed by atoms with E-state index in [1.807, 2.05) is 6.92 Å². The molecule has 0 N–H and O–H groups in total. The molecule has 0 radical (unpaired) electrons. The molecule has 0 aliphatic carbocycles. The van der Waals surface area contributed by atoms with E-state index < -0.39 is 0 Å². The number of rotatable bonds is 2. The Morgan fingerprint density at radius 3 is 2.14 bits per heavy atom. The summed E-state index contributed by atoms with van der Waals surface area (Å²) in [5, 5.41) is 3.73. The van der Waals surface area contributed by atoms with E-state index in [0.717, 1.165) is 5.56 Å². The van der Waals surface area contributed by atoms with E-state index in [0.29, 0.717) is 0 Å². The van der Waals surface area contributed by atoms with E-state index in [4.69, 9.17) is 5.53 Å². The third-order valence-corrected chi connectivity index (χ3v) is 2.38. The van der Waals surface area contributed by atoms with E-state index in [-0.39, 0.29) is 6.04 Å². The maximum atomic E-state index is 8.39. The van der Waals surface area contributed by atoms with Gasteiger partial charge in [-0.1, -0.05) is 29.7 Å². The van der Waals surface area contributed by atoms with Gasteiger partial charge >= 0.3 is 0 Å². The van der Waals surface area contributed by atoms with Crippen LogP contribution in [0.25, 0.3) is 10.4 Å². The van der Waals surface area contributed by atoms with Crippen LogP contribution in [-0.4, -0.2) is 0 Å². The topological polar surface area (TPSA) is 48.8 Å². The number of azide groups is 1. The molecule has 0 bridgehead atoms. The monoisotopic (exact) mass is 189 g/mol. The van der Waals surface area contributed by atoms with Crippen LogP contribution in [0.15, 0.2) is 17.2 Å². The molecule has 3 heteroatoms. The molecule has 0 aliphatic heterocycles. The van der Waals surface area contributed by atoms with Crippen LogP contribution < -0.4 is 0 Å². The summed E-state index contributed by atoms with van der Waals surface area (Å²) in [6.07, 6.45) is 0. The quantitative estimate of drug-likeness (QED) is 0.384. The third-order valence-electron chi connectivity index (χ3n) is 2.38. The van der Waals surface area contributed by atoms with Crippen LogP contribution in [0.2, 0.25) is 0 Å². The van der Waals surface area contributed by atoms with Crippen LogP contribution in [0.3, 0.4) is 0 Å². The van der Waals surface area contributed by atoms with Crippen molar-refractivity contribution in [1.29, 1.82) is 0 Å². The highest BCUT2D eigenvalue weighted by Gasteiger charge is 2.09. The summed E-state index contributed by atoms with van der Waals surface area (Å²) >= 11 is 0. The Balaban J connectivity index is 3.26. The molecule has 0 aromatic heterocycles. The van der Waals surface area contributed by atoms with Crippen LogP contribution >= 0.6 is 0 Å². The molecule has 1 aromatic rings. The van der Waals surface area contributed by atoms with Gasteiger partial charge in [-0.15, -0.1) is 0 Å². The highest BCUT2D eigenvalue weighted by atomic mass is 15.1. The Kier molecular flexibility index (Phi) is 3.15. The number of benzene rings is 1. The van der Waals surface area contributed by atoms with Crippen LogP contribution in [0.1, 0.15) is 35.2 Å². The Bertz CT molecular complexity index is 367. The SMILES string of the molecule is Cc1cc(C)c([C@@H](C)N=[N+]=[N-])c(C)c1. The van der Waals surface area contributed by atoms with Crippen molar-refractivity contribution in [2.45, 2.75) is 33.7 Å². The summed E-state index contributed by atoms with van der Waals surface area (Å²) in [5.74, 6) is 0. The van der Waals surface area contributed by atoms with Crippen molar-refractivity contribution in [3.63, 3.8) is 0 Å². The molecule has 74 valence electrons. The lowest BCUT2D eigenvalue weighted by molar-refractivity contribution is 0.791. The maximum absolute atomic E-state index is 8.39. The second kappa shape index (κ2) is 4.16. The van der Waals surface area contributed by atoms with Gasteiger partial charge in [0.15, 0.2) is 0 Å². The Morgan fingerprint density at radius 2 is 1.71 bits per heavy atom. The van der Waals surface area contributed by atoms with Gasteiger partial charge in [-0.2, -0.15) is 0 Å². The Labute approximate surface area is 84.4 Å². The molecule has 3 nitrogen and oxygen atoms in total. The summed E-state index contributed by atoms with van der Waals surface area (Å²) in [6.45, 7) is 8.10. The lowest BCUT2D eigenvalue weighted by atomic mass is 9.95. The molecule has 0 heterocycles. The van der Waals surface area contributed by atoms with Crippen molar-refractivity contribution in [1.82, 2.24) is 0 Å². The van der Waals surface area contributed by atoms with Crippen LogP contribution in [0.4, 0.5) is 0 Å². The molecule has 0 unspecified atom stereocenters. The molecule has 0 saturated heterocycles. The van der Waals surface area contributed by atoms with Crippen molar-refractivity contribution >= 4 is 0 Å². The van der Waals surface area contributed by atoms with E-state index in [9.17, 15) is 0 Å². The van der Waals surface area contributed by atoms with Crippen LogP contribution in [0, 0.1) is 20.8 Å². The van der Waals surface area contributed by atoms with Gasteiger partial charge in [0.05, 0.1) is 6.04 Å². The van der Waals surface area contributed by atoms with Gasteiger partial charge in [-0.25, -0.2) is 0 Å². The van der Waals surface area contributed by atoms with Crippen molar-refractivity contribution in [2.24, 2.45) is 5.11 Å². The number of aryl methyl sites for hydroxylation is 3. The van der Waals surface area contributed by atoms with Gasteiger partial charge in [-0.3, -0.25) is 0 Å². The van der Waals surface area contributed by atoms with E-state index in [2.05, 4.69) is 42.9 Å². The summed E-state index contributed by atoms with van der Waals surface area (Å²) < 4.78 is 0. The first-order valence-corrected chi connectivity index (χ1v) is 4.68. The molecule has 1 aromatic carbocycles. The minimum absolute atomic E-state index is 0.0828. The highest BCUT2D eigenvalue weighted by Crippen LogP contribution is 2.25. The summed E-state index contributed by atoms with van der Waals surface area (Å²) in [4.78, 5) is 2.84. The lowest BCUT2D eigenvalue weighted by Crippen LogP contribution is -1.97. The van der Waals surface area contributed by atoms with Crippen molar-refractivity contribution in [2.75, 3.05) is 0 Å². The molecule has 0 amide bonds. The first-order valence-electron chi connectivity index (χ1n) is 4.68. The molecule has 1 atom stereocenters. The smallest absolute Gasteiger partial charge is 0.0602 e. The Hall–Kier alpha value is -1.47. The fourth-order valence-electron chi connectivity index (χ4n) is 1.99. The van der Waals surface area contributed by atoms with Gasteiger partial charge < -0.3 is 0 Å². The van der Waals surface area contributed by atoms with Crippen molar-refractivity contribution in [3.05, 3.63) is 44.8 Å².